The lowest BCUT2D eigenvalue weighted by molar-refractivity contribution is -0.0233. The number of halogens is 1. The first kappa shape index (κ1) is 27.0. The molecule has 0 spiro atoms. The van der Waals surface area contributed by atoms with Gasteiger partial charge >= 0.3 is 23.5 Å². The van der Waals surface area contributed by atoms with Gasteiger partial charge in [0.15, 0.2) is 0 Å². The molecule has 3 unspecified atom stereocenters. The average molecular weight is 523 g/mol. The molecule has 1 fully saturated rings. The molecule has 2 rings (SSSR count). The lowest BCUT2D eigenvalue weighted by Crippen LogP contribution is -2.33. The van der Waals surface area contributed by atoms with E-state index in [-0.39, 0.29) is 5.69 Å². The quantitative estimate of drug-likeness (QED) is 0.166. The predicted molar refractivity (Wildman–Crippen MR) is 99.0 cm³/mol. The highest BCUT2D eigenvalue weighted by Gasteiger charge is 2.47. The average Bonchev–Trinajstić information content (AvgIpc) is 2.85. The molecule has 0 aliphatic carbocycles. The summed E-state index contributed by atoms with van der Waals surface area (Å²) in [5.41, 5.74) is -1.53. The summed E-state index contributed by atoms with van der Waals surface area (Å²) in [4.78, 5) is 49.2. The van der Waals surface area contributed by atoms with Crippen LogP contribution in [0.4, 0.5) is 4.39 Å². The maximum absolute atomic E-state index is 14.4. The van der Waals surface area contributed by atoms with Gasteiger partial charge in [0.25, 0.3) is 5.56 Å². The van der Waals surface area contributed by atoms with E-state index < -0.39 is 71.4 Å². The van der Waals surface area contributed by atoms with Crippen LogP contribution in [0.25, 0.3) is 0 Å². The van der Waals surface area contributed by atoms with E-state index in [0.29, 0.717) is 6.07 Å². The summed E-state index contributed by atoms with van der Waals surface area (Å²) in [6.07, 6.45) is -6.93. The minimum absolute atomic E-state index is 0.262. The van der Waals surface area contributed by atoms with Crippen molar-refractivity contribution < 1.29 is 65.8 Å². The summed E-state index contributed by atoms with van der Waals surface area (Å²) in [6.45, 7) is 0.289. The molecule has 6 atom stereocenters. The molecule has 180 valence electrons. The Labute approximate surface area is 178 Å². The number of aromatic amines is 1. The fraction of sp³-hybridized carbons (Fsp3) is 0.462. The standard InChI is InChI=1S/C13H17FNO14P3/c1-2-3-7-10(6(14)4-9(16)15-7)13-12(18)11(17)8(27-13)5-26-31(22,23)29-32(24,25)28-30(19,20)21/h4,8,11-13,17-18H,5H2,1H3,(H,15,16)(H,22,23)(H,24,25)(H2,19,20,21)/t8-,11?,12+,13+/m1/s1. The van der Waals surface area contributed by atoms with Crippen LogP contribution in [0.1, 0.15) is 24.3 Å². The van der Waals surface area contributed by atoms with Crippen molar-refractivity contribution in [1.82, 2.24) is 4.98 Å². The van der Waals surface area contributed by atoms with Crippen molar-refractivity contribution in [2.24, 2.45) is 0 Å². The number of hydrogen-bond donors (Lipinski definition) is 7. The molecule has 1 saturated heterocycles. The Bertz CT molecular complexity index is 1120. The number of pyridine rings is 1. The van der Waals surface area contributed by atoms with Crippen LogP contribution in [0.3, 0.4) is 0 Å². The third kappa shape index (κ3) is 7.11. The van der Waals surface area contributed by atoms with Gasteiger partial charge in [0, 0.05) is 6.07 Å². The van der Waals surface area contributed by atoms with Crippen molar-refractivity contribution in [3.63, 3.8) is 0 Å². The second-order valence-electron chi connectivity index (χ2n) is 6.11. The van der Waals surface area contributed by atoms with Gasteiger partial charge in [-0.3, -0.25) is 9.32 Å². The van der Waals surface area contributed by atoms with Crippen LogP contribution in [0.5, 0.6) is 0 Å². The Kier molecular flexibility index (Phi) is 8.37. The molecule has 2 heterocycles. The van der Waals surface area contributed by atoms with E-state index in [9.17, 15) is 38.0 Å². The zero-order valence-corrected chi connectivity index (χ0v) is 18.4. The Morgan fingerprint density at radius 3 is 2.31 bits per heavy atom. The molecule has 0 bridgehead atoms. The van der Waals surface area contributed by atoms with Gasteiger partial charge in [0.05, 0.1) is 12.2 Å². The van der Waals surface area contributed by atoms with Crippen LogP contribution in [-0.4, -0.2) is 59.7 Å². The van der Waals surface area contributed by atoms with Crippen molar-refractivity contribution in [2.45, 2.75) is 31.3 Å². The zero-order chi connectivity index (χ0) is 24.5. The highest BCUT2D eigenvalue weighted by molar-refractivity contribution is 7.66. The van der Waals surface area contributed by atoms with Gasteiger partial charge in [0.1, 0.15) is 35.9 Å². The molecule has 0 aromatic carbocycles. The Morgan fingerprint density at radius 1 is 1.12 bits per heavy atom. The number of aliphatic hydroxyl groups is 2. The van der Waals surface area contributed by atoms with Gasteiger partial charge in [-0.05, 0) is 12.8 Å². The monoisotopic (exact) mass is 523 g/mol. The summed E-state index contributed by atoms with van der Waals surface area (Å²) < 4.78 is 64.7. The highest BCUT2D eigenvalue weighted by Crippen LogP contribution is 2.66. The fourth-order valence-electron chi connectivity index (χ4n) is 2.64. The summed E-state index contributed by atoms with van der Waals surface area (Å²) in [6, 6.07) is 0.540. The molecule has 15 nitrogen and oxygen atoms in total. The predicted octanol–water partition coefficient (Wildman–Crippen LogP) is -0.610. The van der Waals surface area contributed by atoms with Crippen molar-refractivity contribution in [1.29, 1.82) is 0 Å². The fourth-order valence-corrected chi connectivity index (χ4v) is 5.67. The largest absolute Gasteiger partial charge is 0.490 e. The van der Waals surface area contributed by atoms with Crippen LogP contribution in [0, 0.1) is 17.7 Å². The maximum atomic E-state index is 14.4. The first-order valence-corrected chi connectivity index (χ1v) is 12.7. The SMILES string of the molecule is CC#Cc1[nH]c(=O)cc(F)c1[C@@H]1O[C@H](COP(=O)(O)OP(=O)(O)OP(=O)(O)O)C(O)[C@@H]1O. The normalized spacial score (nSPS) is 27.2. The Balaban J connectivity index is 2.17. The first-order chi connectivity index (χ1) is 14.6. The molecule has 19 heteroatoms. The number of phosphoric ester groups is 1. The minimum Gasteiger partial charge on any atom is -0.387 e. The number of rotatable bonds is 8. The van der Waals surface area contributed by atoms with E-state index in [1.54, 1.807) is 0 Å². The number of aliphatic hydroxyl groups excluding tert-OH is 2. The highest BCUT2D eigenvalue weighted by atomic mass is 31.3. The molecule has 0 saturated carbocycles. The van der Waals surface area contributed by atoms with Crippen molar-refractivity contribution in [3.8, 4) is 11.8 Å². The van der Waals surface area contributed by atoms with Gasteiger partial charge in [-0.15, -0.1) is 0 Å². The van der Waals surface area contributed by atoms with E-state index in [1.807, 2.05) is 0 Å². The molecule has 32 heavy (non-hydrogen) atoms. The zero-order valence-electron chi connectivity index (χ0n) is 15.8. The molecular weight excluding hydrogens is 506 g/mol. The number of H-pyrrole nitrogens is 1. The van der Waals surface area contributed by atoms with E-state index in [0.717, 1.165) is 0 Å². The van der Waals surface area contributed by atoms with Gasteiger partial charge in [-0.1, -0.05) is 5.92 Å². The van der Waals surface area contributed by atoms with Crippen molar-refractivity contribution in [3.05, 3.63) is 33.5 Å². The lowest BCUT2D eigenvalue weighted by Gasteiger charge is -2.19. The van der Waals surface area contributed by atoms with Crippen LogP contribution in [0.2, 0.25) is 0 Å². The molecule has 1 aromatic rings. The smallest absolute Gasteiger partial charge is 0.387 e. The molecule has 7 N–H and O–H groups in total. The van der Waals surface area contributed by atoms with Crippen LogP contribution < -0.4 is 5.56 Å². The second-order valence-corrected chi connectivity index (χ2v) is 10.5. The van der Waals surface area contributed by atoms with E-state index in [2.05, 4.69) is 30.0 Å². The van der Waals surface area contributed by atoms with Crippen molar-refractivity contribution in [2.75, 3.05) is 6.61 Å². The first-order valence-electron chi connectivity index (χ1n) is 8.20. The second kappa shape index (κ2) is 9.92. The van der Waals surface area contributed by atoms with E-state index in [1.165, 1.54) is 6.92 Å². The van der Waals surface area contributed by atoms with Crippen LogP contribution in [-0.2, 0) is 31.6 Å². The molecular formula is C13H17FNO14P3. The number of nitrogens with one attached hydrogen (secondary N) is 1. The molecule has 0 amide bonds. The summed E-state index contributed by atoms with van der Waals surface area (Å²) >= 11 is 0. The number of aromatic nitrogens is 1. The summed E-state index contributed by atoms with van der Waals surface area (Å²) in [5, 5.41) is 20.3. The minimum atomic E-state index is -5.76. The van der Waals surface area contributed by atoms with Crippen LogP contribution in [0.15, 0.2) is 10.9 Å². The molecule has 1 aromatic heterocycles. The molecule has 1 aliphatic rings. The lowest BCUT2D eigenvalue weighted by atomic mass is 9.99. The van der Waals surface area contributed by atoms with Crippen molar-refractivity contribution >= 4 is 23.5 Å². The van der Waals surface area contributed by atoms with Gasteiger partial charge in [0.2, 0.25) is 0 Å². The van der Waals surface area contributed by atoms with E-state index >= 15 is 0 Å². The third-order valence-electron chi connectivity index (χ3n) is 3.75. The summed E-state index contributed by atoms with van der Waals surface area (Å²) in [7, 11) is -16.9. The van der Waals surface area contributed by atoms with Gasteiger partial charge < -0.3 is 39.5 Å². The number of ether oxygens (including phenoxy) is 1. The molecule has 1 aliphatic heterocycles. The third-order valence-corrected chi connectivity index (χ3v) is 7.55. The number of hydrogen-bond acceptors (Lipinski definition) is 10. The van der Waals surface area contributed by atoms with Gasteiger partial charge in [-0.2, -0.15) is 8.62 Å². The Hall–Kier alpha value is -1.27. The van der Waals surface area contributed by atoms with Gasteiger partial charge in [-0.25, -0.2) is 18.1 Å². The topological polar surface area (TPSA) is 242 Å². The number of phosphoric acid groups is 3. The van der Waals surface area contributed by atoms with E-state index in [4.69, 9.17) is 19.4 Å². The van der Waals surface area contributed by atoms with Crippen LogP contribution >= 0.6 is 23.5 Å². The summed E-state index contributed by atoms with van der Waals surface area (Å²) in [5.74, 6) is 3.67. The molecule has 0 radical (unpaired) electrons. The maximum Gasteiger partial charge on any atom is 0.490 e. The Morgan fingerprint density at radius 2 is 1.75 bits per heavy atom.